The topological polar surface area (TPSA) is 50.9 Å². The predicted octanol–water partition coefficient (Wildman–Crippen LogP) is 3.62. The molecule has 17 heavy (non-hydrogen) atoms. The summed E-state index contributed by atoms with van der Waals surface area (Å²) in [5.41, 5.74) is 7.67. The summed E-state index contributed by atoms with van der Waals surface area (Å²) >= 11 is 3.28. The van der Waals surface area contributed by atoms with E-state index in [0.717, 1.165) is 10.2 Å². The number of rotatable bonds is 2. The third-order valence-electron chi connectivity index (χ3n) is 2.30. The maximum atomic E-state index is 13.1. The van der Waals surface area contributed by atoms with Crippen molar-refractivity contribution in [1.82, 2.24) is 4.98 Å². The van der Waals surface area contributed by atoms with Crippen LogP contribution in [0.1, 0.15) is 5.56 Å². The number of pyridine rings is 1. The van der Waals surface area contributed by atoms with E-state index in [1.807, 2.05) is 0 Å². The number of anilines is 3. The van der Waals surface area contributed by atoms with Crippen LogP contribution in [0.4, 0.5) is 21.6 Å². The van der Waals surface area contributed by atoms with Crippen LogP contribution in [0.3, 0.4) is 0 Å². The van der Waals surface area contributed by atoms with Gasteiger partial charge in [-0.15, -0.1) is 0 Å². The molecule has 0 saturated heterocycles. The summed E-state index contributed by atoms with van der Waals surface area (Å²) in [6, 6.07) is 6.52. The average molecular weight is 296 g/mol. The quantitative estimate of drug-likeness (QED) is 0.890. The fourth-order valence-corrected chi connectivity index (χ4v) is 1.77. The van der Waals surface area contributed by atoms with Crippen LogP contribution in [-0.2, 0) is 0 Å². The number of nitrogens with two attached hydrogens (primary N) is 1. The van der Waals surface area contributed by atoms with E-state index in [2.05, 4.69) is 26.2 Å². The highest BCUT2D eigenvalue weighted by molar-refractivity contribution is 9.10. The van der Waals surface area contributed by atoms with Crippen LogP contribution in [0.5, 0.6) is 0 Å². The third kappa shape index (κ3) is 2.74. The Bertz CT molecular complexity index is 557. The molecule has 1 heterocycles. The molecule has 3 nitrogen and oxygen atoms in total. The fourth-order valence-electron chi connectivity index (χ4n) is 1.42. The normalized spacial score (nSPS) is 10.3. The number of aryl methyl sites for hydroxylation is 1. The zero-order valence-electron chi connectivity index (χ0n) is 9.17. The third-order valence-corrected chi connectivity index (χ3v) is 2.74. The van der Waals surface area contributed by atoms with E-state index in [1.54, 1.807) is 31.3 Å². The van der Waals surface area contributed by atoms with Gasteiger partial charge in [-0.1, -0.05) is 0 Å². The highest BCUT2D eigenvalue weighted by Crippen LogP contribution is 2.24. The van der Waals surface area contributed by atoms with Gasteiger partial charge in [0, 0.05) is 16.4 Å². The van der Waals surface area contributed by atoms with E-state index in [9.17, 15) is 4.39 Å². The van der Waals surface area contributed by atoms with Gasteiger partial charge >= 0.3 is 0 Å². The molecule has 0 aliphatic carbocycles. The highest BCUT2D eigenvalue weighted by atomic mass is 79.9. The van der Waals surface area contributed by atoms with E-state index in [-0.39, 0.29) is 5.82 Å². The van der Waals surface area contributed by atoms with Crippen LogP contribution >= 0.6 is 15.9 Å². The minimum atomic E-state index is -0.229. The molecular formula is C12H11BrFN3. The summed E-state index contributed by atoms with van der Waals surface area (Å²) in [6.45, 7) is 1.71. The number of hydrogen-bond acceptors (Lipinski definition) is 3. The lowest BCUT2D eigenvalue weighted by Crippen LogP contribution is -1.99. The molecule has 0 spiro atoms. The van der Waals surface area contributed by atoms with Crippen LogP contribution in [0.15, 0.2) is 34.9 Å². The van der Waals surface area contributed by atoms with Gasteiger partial charge in [0.2, 0.25) is 0 Å². The molecule has 0 radical (unpaired) electrons. The minimum Gasteiger partial charge on any atom is -0.396 e. The number of nitrogen functional groups attached to an aromatic ring is 1. The van der Waals surface area contributed by atoms with E-state index in [4.69, 9.17) is 5.73 Å². The van der Waals surface area contributed by atoms with Crippen molar-refractivity contribution in [1.29, 1.82) is 0 Å². The highest BCUT2D eigenvalue weighted by Gasteiger charge is 2.03. The average Bonchev–Trinajstić information content (AvgIpc) is 2.27. The summed E-state index contributed by atoms with van der Waals surface area (Å²) in [5.74, 6) is 0.325. The number of benzene rings is 1. The van der Waals surface area contributed by atoms with Crippen molar-refractivity contribution in [3.8, 4) is 0 Å². The Balaban J connectivity index is 2.28. The monoisotopic (exact) mass is 295 g/mol. The molecular weight excluding hydrogens is 285 g/mol. The molecule has 0 fully saturated rings. The molecule has 0 amide bonds. The molecule has 88 valence electrons. The molecule has 2 aromatic rings. The number of hydrogen-bond donors (Lipinski definition) is 2. The number of aromatic nitrogens is 1. The second-order valence-electron chi connectivity index (χ2n) is 3.68. The van der Waals surface area contributed by atoms with Gasteiger partial charge in [0.25, 0.3) is 0 Å². The molecule has 1 aromatic carbocycles. The first-order valence-electron chi connectivity index (χ1n) is 5.00. The smallest absolute Gasteiger partial charge is 0.153 e. The van der Waals surface area contributed by atoms with Crippen molar-refractivity contribution in [2.24, 2.45) is 0 Å². The molecule has 0 atom stereocenters. The largest absolute Gasteiger partial charge is 0.396 e. The molecule has 1 aromatic heterocycles. The van der Waals surface area contributed by atoms with Crippen molar-refractivity contribution < 1.29 is 4.39 Å². The summed E-state index contributed by atoms with van der Waals surface area (Å²) in [7, 11) is 0. The Morgan fingerprint density at radius 3 is 2.76 bits per heavy atom. The SMILES string of the molecule is Cc1cc(Nc2ncc(Br)cc2N)ccc1F. The van der Waals surface area contributed by atoms with Crippen LogP contribution in [0.25, 0.3) is 0 Å². The number of nitrogens with one attached hydrogen (secondary N) is 1. The lowest BCUT2D eigenvalue weighted by Gasteiger charge is -2.09. The van der Waals surface area contributed by atoms with Gasteiger partial charge in [-0.05, 0) is 52.7 Å². The molecule has 0 bridgehead atoms. The van der Waals surface area contributed by atoms with Crippen molar-refractivity contribution >= 4 is 33.1 Å². The second-order valence-corrected chi connectivity index (χ2v) is 4.60. The first-order valence-corrected chi connectivity index (χ1v) is 5.80. The number of nitrogens with zero attached hydrogens (tertiary/aromatic N) is 1. The Morgan fingerprint density at radius 2 is 2.12 bits per heavy atom. The lowest BCUT2D eigenvalue weighted by atomic mass is 10.2. The second kappa shape index (κ2) is 4.71. The maximum absolute atomic E-state index is 13.1. The van der Waals surface area contributed by atoms with Gasteiger partial charge < -0.3 is 11.1 Å². The zero-order chi connectivity index (χ0) is 12.4. The van der Waals surface area contributed by atoms with E-state index < -0.39 is 0 Å². The molecule has 0 saturated carbocycles. The van der Waals surface area contributed by atoms with Crippen molar-refractivity contribution in [3.63, 3.8) is 0 Å². The molecule has 3 N–H and O–H groups in total. The maximum Gasteiger partial charge on any atom is 0.153 e. The first-order chi connectivity index (χ1) is 8.06. The van der Waals surface area contributed by atoms with Gasteiger partial charge in [-0.2, -0.15) is 0 Å². The Morgan fingerprint density at radius 1 is 1.35 bits per heavy atom. The Labute approximate surface area is 107 Å². The van der Waals surface area contributed by atoms with Gasteiger partial charge in [-0.3, -0.25) is 0 Å². The lowest BCUT2D eigenvalue weighted by molar-refractivity contribution is 0.619. The van der Waals surface area contributed by atoms with Gasteiger partial charge in [0.1, 0.15) is 5.82 Å². The molecule has 0 aliphatic heterocycles. The molecule has 0 unspecified atom stereocenters. The summed E-state index contributed by atoms with van der Waals surface area (Å²) in [6.07, 6.45) is 1.65. The zero-order valence-corrected chi connectivity index (χ0v) is 10.8. The summed E-state index contributed by atoms with van der Waals surface area (Å²) in [5, 5.41) is 3.04. The van der Waals surface area contributed by atoms with Crippen LogP contribution < -0.4 is 11.1 Å². The van der Waals surface area contributed by atoms with E-state index >= 15 is 0 Å². The number of halogens is 2. The first kappa shape index (κ1) is 11.9. The fraction of sp³-hybridized carbons (Fsp3) is 0.0833. The minimum absolute atomic E-state index is 0.229. The van der Waals surface area contributed by atoms with Crippen molar-refractivity contribution in [2.45, 2.75) is 6.92 Å². The van der Waals surface area contributed by atoms with Gasteiger partial charge in [-0.25, -0.2) is 9.37 Å². The Hall–Kier alpha value is -1.62. The standard InChI is InChI=1S/C12H11BrFN3/c1-7-4-9(2-3-10(7)14)17-12-11(15)5-8(13)6-16-12/h2-6H,15H2,1H3,(H,16,17). The Kier molecular flexibility index (Phi) is 3.28. The van der Waals surface area contributed by atoms with Gasteiger partial charge in [0.05, 0.1) is 5.69 Å². The molecule has 5 heteroatoms. The van der Waals surface area contributed by atoms with Crippen molar-refractivity contribution in [2.75, 3.05) is 11.1 Å². The molecule has 2 rings (SSSR count). The molecule has 0 aliphatic rings. The summed E-state index contributed by atoms with van der Waals surface area (Å²) < 4.78 is 13.9. The predicted molar refractivity (Wildman–Crippen MR) is 70.8 cm³/mol. The van der Waals surface area contributed by atoms with Crippen LogP contribution in [-0.4, -0.2) is 4.98 Å². The van der Waals surface area contributed by atoms with E-state index in [0.29, 0.717) is 17.1 Å². The summed E-state index contributed by atoms with van der Waals surface area (Å²) in [4.78, 5) is 4.15. The van der Waals surface area contributed by atoms with Gasteiger partial charge in [0.15, 0.2) is 5.82 Å². The van der Waals surface area contributed by atoms with Crippen molar-refractivity contribution in [3.05, 3.63) is 46.3 Å². The van der Waals surface area contributed by atoms with Crippen LogP contribution in [0, 0.1) is 12.7 Å². The van der Waals surface area contributed by atoms with E-state index in [1.165, 1.54) is 6.07 Å². The van der Waals surface area contributed by atoms with Crippen LogP contribution in [0.2, 0.25) is 0 Å².